The zero-order chi connectivity index (χ0) is 15.4. The van der Waals surface area contributed by atoms with Gasteiger partial charge in [-0.15, -0.1) is 0 Å². The van der Waals surface area contributed by atoms with Crippen LogP contribution in [0.4, 0.5) is 0 Å². The van der Waals surface area contributed by atoms with Gasteiger partial charge in [0.05, 0.1) is 11.5 Å². The lowest BCUT2D eigenvalue weighted by atomic mass is 9.85. The van der Waals surface area contributed by atoms with E-state index in [1.54, 1.807) is 0 Å². The van der Waals surface area contributed by atoms with E-state index < -0.39 is 0 Å². The fourth-order valence-electron chi connectivity index (χ4n) is 2.40. The molecule has 0 heterocycles. The van der Waals surface area contributed by atoms with Gasteiger partial charge in [0, 0.05) is 6.04 Å². The van der Waals surface area contributed by atoms with Gasteiger partial charge in [0.1, 0.15) is 0 Å². The molecule has 0 bridgehead atoms. The minimum absolute atomic E-state index is 0.302. The van der Waals surface area contributed by atoms with Crippen LogP contribution in [0.15, 0.2) is 23.8 Å². The first-order valence-electron chi connectivity index (χ1n) is 7.95. The van der Waals surface area contributed by atoms with Gasteiger partial charge in [0.25, 0.3) is 0 Å². The smallest absolute Gasteiger partial charge is 0.0728 e. The van der Waals surface area contributed by atoms with Gasteiger partial charge in [-0.3, -0.25) is 0 Å². The van der Waals surface area contributed by atoms with Crippen LogP contribution in [0.2, 0.25) is 0 Å². The Labute approximate surface area is 126 Å². The number of nitriles is 1. The quantitative estimate of drug-likeness (QED) is 0.451. The summed E-state index contributed by atoms with van der Waals surface area (Å²) in [6, 6.07) is 2.92. The molecule has 2 heteroatoms. The average Bonchev–Trinajstić information content (AvgIpc) is 2.45. The molecular weight excluding hydrogens is 244 g/mol. The van der Waals surface area contributed by atoms with Crippen LogP contribution in [-0.4, -0.2) is 13.1 Å². The zero-order valence-electron chi connectivity index (χ0n) is 14.0. The summed E-state index contributed by atoms with van der Waals surface area (Å²) in [5.74, 6) is 0. The van der Waals surface area contributed by atoms with Crippen molar-refractivity contribution in [2.24, 2.45) is 5.41 Å². The third-order valence-electron chi connectivity index (χ3n) is 3.92. The van der Waals surface area contributed by atoms with Crippen molar-refractivity contribution in [2.45, 2.75) is 72.3 Å². The van der Waals surface area contributed by atoms with E-state index >= 15 is 0 Å². The van der Waals surface area contributed by atoms with Crippen LogP contribution in [0.1, 0.15) is 66.2 Å². The van der Waals surface area contributed by atoms with E-state index in [1.807, 2.05) is 14.0 Å². The van der Waals surface area contributed by atoms with Crippen molar-refractivity contribution in [1.29, 1.82) is 5.26 Å². The second-order valence-electron chi connectivity index (χ2n) is 5.82. The monoisotopic (exact) mass is 276 g/mol. The second-order valence-corrected chi connectivity index (χ2v) is 5.82. The summed E-state index contributed by atoms with van der Waals surface area (Å²) in [4.78, 5) is 0. The molecule has 0 aromatic rings. The maximum absolute atomic E-state index is 9.33. The Morgan fingerprint density at radius 2 is 2.05 bits per heavy atom. The molecule has 0 fully saturated rings. The highest BCUT2D eigenvalue weighted by Crippen LogP contribution is 2.25. The second kappa shape index (κ2) is 10.7. The molecule has 0 saturated heterocycles. The molecule has 0 spiro atoms. The molecule has 20 heavy (non-hydrogen) atoms. The third kappa shape index (κ3) is 7.50. The molecule has 0 aliphatic carbocycles. The van der Waals surface area contributed by atoms with Crippen LogP contribution in [0, 0.1) is 16.7 Å². The predicted octanol–water partition coefficient (Wildman–Crippen LogP) is 4.99. The van der Waals surface area contributed by atoms with Crippen molar-refractivity contribution < 1.29 is 0 Å². The molecular formula is C18H32N2. The molecule has 0 aromatic carbocycles. The Balaban J connectivity index is 4.39. The normalized spacial score (nSPS) is 16.9. The van der Waals surface area contributed by atoms with Crippen molar-refractivity contribution in [3.63, 3.8) is 0 Å². The standard InChI is InChI=1S/C18H32N2/c1-6-8-10-13-18(4,15-19)14-11-9-12-16(3)17(7-2)20-5/h11-12,14,17,20H,6-10,13H2,1-5H3. The summed E-state index contributed by atoms with van der Waals surface area (Å²) >= 11 is 0. The van der Waals surface area contributed by atoms with E-state index in [2.05, 4.69) is 50.4 Å². The number of unbranched alkanes of at least 4 members (excludes halogenated alkanes) is 2. The summed E-state index contributed by atoms with van der Waals surface area (Å²) in [6.45, 7) is 8.59. The van der Waals surface area contributed by atoms with Crippen LogP contribution in [0.5, 0.6) is 0 Å². The van der Waals surface area contributed by atoms with Crippen LogP contribution in [0.3, 0.4) is 0 Å². The molecule has 1 N–H and O–H groups in total. The minimum Gasteiger partial charge on any atom is -0.313 e. The number of hydrogen-bond donors (Lipinski definition) is 1. The summed E-state index contributed by atoms with van der Waals surface area (Å²) in [5.41, 5.74) is 1.08. The maximum Gasteiger partial charge on any atom is 0.0728 e. The SMILES string of the molecule is CCCCCC(C)(C#N)C=CCC=C(C)C(CC)NC. The van der Waals surface area contributed by atoms with E-state index in [1.165, 1.54) is 18.4 Å². The van der Waals surface area contributed by atoms with Crippen LogP contribution >= 0.6 is 0 Å². The van der Waals surface area contributed by atoms with E-state index in [0.717, 1.165) is 25.7 Å². The highest BCUT2D eigenvalue weighted by Gasteiger charge is 2.18. The lowest BCUT2D eigenvalue weighted by Gasteiger charge is -2.16. The van der Waals surface area contributed by atoms with Crippen LogP contribution < -0.4 is 5.32 Å². The van der Waals surface area contributed by atoms with E-state index in [-0.39, 0.29) is 5.41 Å². The van der Waals surface area contributed by atoms with Gasteiger partial charge in [-0.2, -0.15) is 5.26 Å². The molecule has 0 amide bonds. The number of likely N-dealkylation sites (N-methyl/N-ethyl adjacent to an activating group) is 1. The largest absolute Gasteiger partial charge is 0.313 e. The van der Waals surface area contributed by atoms with Gasteiger partial charge in [-0.1, -0.05) is 56.9 Å². The summed E-state index contributed by atoms with van der Waals surface area (Å²) in [7, 11) is 2.00. The highest BCUT2D eigenvalue weighted by molar-refractivity contribution is 5.14. The molecule has 114 valence electrons. The fourth-order valence-corrected chi connectivity index (χ4v) is 2.40. The maximum atomic E-state index is 9.33. The van der Waals surface area contributed by atoms with Crippen LogP contribution in [0.25, 0.3) is 0 Å². The molecule has 0 rings (SSSR count). The van der Waals surface area contributed by atoms with Crippen molar-refractivity contribution in [1.82, 2.24) is 5.32 Å². The first-order valence-corrected chi connectivity index (χ1v) is 7.95. The molecule has 0 aromatic heterocycles. The number of nitrogens with zero attached hydrogens (tertiary/aromatic N) is 1. The molecule has 0 aliphatic heterocycles. The van der Waals surface area contributed by atoms with Crippen LogP contribution in [-0.2, 0) is 0 Å². The Kier molecular flexibility index (Phi) is 10.1. The minimum atomic E-state index is -0.302. The molecule has 2 unspecified atom stereocenters. The first kappa shape index (κ1) is 18.9. The van der Waals surface area contributed by atoms with Gasteiger partial charge in [-0.05, 0) is 40.2 Å². The zero-order valence-corrected chi connectivity index (χ0v) is 14.0. The fraction of sp³-hybridized carbons (Fsp3) is 0.722. The number of nitrogens with one attached hydrogen (secondary N) is 1. The van der Waals surface area contributed by atoms with Crippen molar-refractivity contribution in [3.8, 4) is 6.07 Å². The van der Waals surface area contributed by atoms with Crippen molar-refractivity contribution in [2.75, 3.05) is 7.05 Å². The van der Waals surface area contributed by atoms with Gasteiger partial charge in [0.15, 0.2) is 0 Å². The lowest BCUT2D eigenvalue weighted by molar-refractivity contribution is 0.476. The highest BCUT2D eigenvalue weighted by atomic mass is 14.9. The molecule has 2 atom stereocenters. The van der Waals surface area contributed by atoms with Gasteiger partial charge in [-0.25, -0.2) is 0 Å². The molecule has 0 radical (unpaired) electrons. The Morgan fingerprint density at radius 3 is 2.55 bits per heavy atom. The van der Waals surface area contributed by atoms with E-state index in [4.69, 9.17) is 0 Å². The van der Waals surface area contributed by atoms with Gasteiger partial charge < -0.3 is 5.32 Å². The summed E-state index contributed by atoms with van der Waals surface area (Å²) in [5, 5.41) is 12.6. The van der Waals surface area contributed by atoms with Crippen molar-refractivity contribution >= 4 is 0 Å². The third-order valence-corrected chi connectivity index (χ3v) is 3.92. The Hall–Kier alpha value is -1.07. The van der Waals surface area contributed by atoms with Gasteiger partial charge in [0.2, 0.25) is 0 Å². The summed E-state index contributed by atoms with van der Waals surface area (Å²) < 4.78 is 0. The number of hydrogen-bond acceptors (Lipinski definition) is 2. The summed E-state index contributed by atoms with van der Waals surface area (Å²) in [6.07, 6.45) is 13.0. The number of allylic oxidation sites excluding steroid dienone is 3. The first-order chi connectivity index (χ1) is 9.52. The van der Waals surface area contributed by atoms with E-state index in [0.29, 0.717) is 6.04 Å². The predicted molar refractivity (Wildman–Crippen MR) is 88.5 cm³/mol. The molecule has 0 aliphatic rings. The van der Waals surface area contributed by atoms with E-state index in [9.17, 15) is 5.26 Å². The topological polar surface area (TPSA) is 35.8 Å². The average molecular weight is 276 g/mol. The Bertz CT molecular complexity index is 345. The molecule has 0 saturated carbocycles. The molecule has 2 nitrogen and oxygen atoms in total. The lowest BCUT2D eigenvalue weighted by Crippen LogP contribution is -2.25. The number of rotatable bonds is 10. The Morgan fingerprint density at radius 1 is 1.35 bits per heavy atom. The van der Waals surface area contributed by atoms with Crippen molar-refractivity contribution in [3.05, 3.63) is 23.8 Å². The van der Waals surface area contributed by atoms with Gasteiger partial charge >= 0.3 is 0 Å².